The van der Waals surface area contributed by atoms with Crippen molar-refractivity contribution in [3.63, 3.8) is 0 Å². The van der Waals surface area contributed by atoms with Crippen LogP contribution in [0.1, 0.15) is 0 Å². The van der Waals surface area contributed by atoms with Crippen molar-refractivity contribution >= 4 is 56.8 Å². The van der Waals surface area contributed by atoms with E-state index in [9.17, 15) is 0 Å². The Hall–Kier alpha value is -3.20. The Morgan fingerprint density at radius 3 is 2.19 bits per heavy atom. The van der Waals surface area contributed by atoms with Crippen LogP contribution in [0, 0.1) is 0 Å². The van der Waals surface area contributed by atoms with Gasteiger partial charge in [0.15, 0.2) is 0 Å². The zero-order chi connectivity index (χ0) is 20.9. The molecule has 0 N–H and O–H groups in total. The minimum atomic E-state index is 0.758. The third-order valence-electron chi connectivity index (χ3n) is 5.95. The second kappa shape index (κ2) is 7.19. The van der Waals surface area contributed by atoms with Crippen LogP contribution in [-0.2, 0) is 0 Å². The number of hydrogen-bond donors (Lipinski definition) is 1. The van der Waals surface area contributed by atoms with Gasteiger partial charge in [-0.1, -0.05) is 78.3 Å². The Bertz CT molecular complexity index is 1600. The maximum Gasteiger partial charge on any atom is 0.0562 e. The quantitative estimate of drug-likeness (QED) is 0.260. The molecule has 0 radical (unpaired) electrons. The fourth-order valence-electron chi connectivity index (χ4n) is 4.58. The Balaban J connectivity index is 1.79. The van der Waals surface area contributed by atoms with Crippen LogP contribution in [0.5, 0.6) is 0 Å². The number of para-hydroxylation sites is 2. The van der Waals surface area contributed by atoms with Gasteiger partial charge in [0.1, 0.15) is 0 Å². The minimum absolute atomic E-state index is 0.758. The lowest BCUT2D eigenvalue weighted by atomic mass is 9.98. The molecule has 0 fully saturated rings. The number of hydrogen-bond acceptors (Lipinski definition) is 1. The highest BCUT2D eigenvalue weighted by molar-refractivity contribution is 7.80. The molecule has 0 atom stereocenters. The topological polar surface area (TPSA) is 4.93 Å². The minimum Gasteiger partial charge on any atom is -0.309 e. The van der Waals surface area contributed by atoms with Gasteiger partial charge in [-0.25, -0.2) is 0 Å². The van der Waals surface area contributed by atoms with Crippen LogP contribution in [0.15, 0.2) is 108 Å². The highest BCUT2D eigenvalue weighted by Crippen LogP contribution is 2.41. The molecular formula is C28H18ClNS. The van der Waals surface area contributed by atoms with Crippen molar-refractivity contribution < 1.29 is 0 Å². The van der Waals surface area contributed by atoms with E-state index in [4.69, 9.17) is 11.6 Å². The molecule has 6 rings (SSSR count). The predicted molar refractivity (Wildman–Crippen MR) is 136 cm³/mol. The van der Waals surface area contributed by atoms with Crippen LogP contribution in [0.3, 0.4) is 0 Å². The van der Waals surface area contributed by atoms with Crippen molar-refractivity contribution in [3.05, 3.63) is 108 Å². The second-order valence-electron chi connectivity index (χ2n) is 7.72. The van der Waals surface area contributed by atoms with Crippen LogP contribution in [-0.4, -0.2) is 4.57 Å². The number of nitrogens with zero attached hydrogens (tertiary/aromatic N) is 1. The molecule has 0 saturated heterocycles. The lowest BCUT2D eigenvalue weighted by Crippen LogP contribution is -1.93. The lowest BCUT2D eigenvalue weighted by Gasteiger charge is -2.11. The number of aromatic nitrogens is 1. The van der Waals surface area contributed by atoms with Crippen molar-refractivity contribution in [2.45, 2.75) is 4.90 Å². The first-order valence-electron chi connectivity index (χ1n) is 10.2. The maximum atomic E-state index is 6.82. The summed E-state index contributed by atoms with van der Waals surface area (Å²) >= 11 is 11.5. The first-order valence-corrected chi connectivity index (χ1v) is 11.0. The number of thiol groups is 1. The Morgan fingerprint density at radius 1 is 0.613 bits per heavy atom. The Kier molecular flexibility index (Phi) is 4.31. The van der Waals surface area contributed by atoms with E-state index in [0.29, 0.717) is 0 Å². The summed E-state index contributed by atoms with van der Waals surface area (Å²) in [7, 11) is 0. The van der Waals surface area contributed by atoms with E-state index in [0.717, 1.165) is 43.0 Å². The summed E-state index contributed by atoms with van der Waals surface area (Å²) in [4.78, 5) is 0.965. The summed E-state index contributed by atoms with van der Waals surface area (Å²) in [6.45, 7) is 0. The van der Waals surface area contributed by atoms with Gasteiger partial charge in [-0.3, -0.25) is 0 Å². The Morgan fingerprint density at radius 2 is 1.35 bits per heavy atom. The molecule has 6 aromatic rings. The SMILES string of the molecule is Sc1ccccc1-c1ccc2c(Cl)cc3c(c2c1)c1ccccc1n3-c1ccccc1. The van der Waals surface area contributed by atoms with E-state index in [2.05, 4.69) is 96.1 Å². The summed E-state index contributed by atoms with van der Waals surface area (Å²) in [5.74, 6) is 0. The molecule has 31 heavy (non-hydrogen) atoms. The molecule has 0 unspecified atom stereocenters. The normalized spacial score (nSPS) is 11.5. The Labute approximate surface area is 190 Å². The first-order chi connectivity index (χ1) is 15.2. The van der Waals surface area contributed by atoms with Crippen LogP contribution in [0.4, 0.5) is 0 Å². The van der Waals surface area contributed by atoms with Gasteiger partial charge in [-0.15, -0.1) is 12.6 Å². The standard InChI is InChI=1S/C28H18ClNS/c29-24-17-26-28(22-11-4-6-12-25(22)30(26)19-8-2-1-3-9-19)23-16-18(14-15-21(23)24)20-10-5-7-13-27(20)31/h1-17,31H. The zero-order valence-corrected chi connectivity index (χ0v) is 18.2. The third kappa shape index (κ3) is 2.87. The van der Waals surface area contributed by atoms with Crippen molar-refractivity contribution in [1.29, 1.82) is 0 Å². The molecule has 1 nitrogen and oxygen atoms in total. The molecule has 1 heterocycles. The van der Waals surface area contributed by atoms with Crippen LogP contribution in [0.2, 0.25) is 5.02 Å². The van der Waals surface area contributed by atoms with Gasteiger partial charge in [0.05, 0.1) is 16.1 Å². The lowest BCUT2D eigenvalue weighted by molar-refractivity contribution is 1.18. The van der Waals surface area contributed by atoms with E-state index in [1.54, 1.807) is 0 Å². The first kappa shape index (κ1) is 18.6. The highest BCUT2D eigenvalue weighted by Gasteiger charge is 2.17. The maximum absolute atomic E-state index is 6.82. The zero-order valence-electron chi connectivity index (χ0n) is 16.6. The largest absolute Gasteiger partial charge is 0.309 e. The van der Waals surface area contributed by atoms with Crippen molar-refractivity contribution in [3.8, 4) is 16.8 Å². The molecule has 0 aliphatic carbocycles. The molecule has 3 heteroatoms. The average Bonchev–Trinajstić information content (AvgIpc) is 3.14. The molecule has 0 aliphatic rings. The molecule has 0 spiro atoms. The molecule has 0 amide bonds. The third-order valence-corrected chi connectivity index (χ3v) is 6.65. The van der Waals surface area contributed by atoms with Gasteiger partial charge >= 0.3 is 0 Å². The fourth-order valence-corrected chi connectivity index (χ4v) is 5.13. The highest BCUT2D eigenvalue weighted by atomic mass is 35.5. The van der Waals surface area contributed by atoms with E-state index >= 15 is 0 Å². The van der Waals surface area contributed by atoms with Crippen molar-refractivity contribution in [2.75, 3.05) is 0 Å². The predicted octanol–water partition coefficient (Wildman–Crippen LogP) is 8.55. The molecule has 0 bridgehead atoms. The van der Waals surface area contributed by atoms with Crippen LogP contribution in [0.25, 0.3) is 49.4 Å². The fraction of sp³-hybridized carbons (Fsp3) is 0. The smallest absolute Gasteiger partial charge is 0.0562 e. The number of fused-ring (bicyclic) bond motifs is 5. The summed E-state index contributed by atoms with van der Waals surface area (Å²) in [6, 6.07) is 35.8. The number of benzene rings is 5. The van der Waals surface area contributed by atoms with E-state index < -0.39 is 0 Å². The summed E-state index contributed by atoms with van der Waals surface area (Å²) in [5, 5.41) is 5.41. The molecule has 0 saturated carbocycles. The van der Waals surface area contributed by atoms with Gasteiger partial charge in [-0.05, 0) is 52.9 Å². The number of rotatable bonds is 2. The van der Waals surface area contributed by atoms with Crippen molar-refractivity contribution in [1.82, 2.24) is 4.57 Å². The molecule has 148 valence electrons. The molecule has 5 aromatic carbocycles. The van der Waals surface area contributed by atoms with Gasteiger partial charge in [0.25, 0.3) is 0 Å². The second-order valence-corrected chi connectivity index (χ2v) is 8.61. The molecule has 0 aliphatic heterocycles. The van der Waals surface area contributed by atoms with E-state index in [1.165, 1.54) is 16.3 Å². The van der Waals surface area contributed by atoms with Gasteiger partial charge < -0.3 is 4.57 Å². The monoisotopic (exact) mass is 435 g/mol. The summed E-state index contributed by atoms with van der Waals surface area (Å²) in [6.07, 6.45) is 0. The summed E-state index contributed by atoms with van der Waals surface area (Å²) in [5.41, 5.74) is 5.67. The van der Waals surface area contributed by atoms with E-state index in [-0.39, 0.29) is 0 Å². The molecular weight excluding hydrogens is 418 g/mol. The van der Waals surface area contributed by atoms with E-state index in [1.807, 2.05) is 24.3 Å². The van der Waals surface area contributed by atoms with Gasteiger partial charge in [-0.2, -0.15) is 0 Å². The van der Waals surface area contributed by atoms with Crippen LogP contribution >= 0.6 is 24.2 Å². The van der Waals surface area contributed by atoms with Crippen LogP contribution < -0.4 is 0 Å². The number of halogens is 1. The summed E-state index contributed by atoms with van der Waals surface area (Å²) < 4.78 is 2.30. The molecule has 1 aromatic heterocycles. The van der Waals surface area contributed by atoms with Gasteiger partial charge in [0.2, 0.25) is 0 Å². The average molecular weight is 436 g/mol. The van der Waals surface area contributed by atoms with Gasteiger partial charge in [0, 0.05) is 26.7 Å². The van der Waals surface area contributed by atoms with Crippen molar-refractivity contribution in [2.24, 2.45) is 0 Å².